The summed E-state index contributed by atoms with van der Waals surface area (Å²) in [7, 11) is 0. The smallest absolute Gasteiger partial charge is 0.245 e. The van der Waals surface area contributed by atoms with Gasteiger partial charge < -0.3 is 10.1 Å². The lowest BCUT2D eigenvalue weighted by molar-refractivity contribution is -0.116. The first kappa shape index (κ1) is 13.9. The molecule has 0 aliphatic carbocycles. The Morgan fingerprint density at radius 3 is 3.11 bits per heavy atom. The van der Waals surface area contributed by atoms with E-state index < -0.39 is 0 Å². The van der Waals surface area contributed by atoms with E-state index in [1.807, 2.05) is 19.1 Å². The molecule has 0 bridgehead atoms. The van der Waals surface area contributed by atoms with E-state index in [4.69, 9.17) is 16.3 Å². The Morgan fingerprint density at radius 1 is 1.58 bits per heavy atom. The van der Waals surface area contributed by atoms with E-state index in [0.29, 0.717) is 29.6 Å². The van der Waals surface area contributed by atoms with Gasteiger partial charge in [-0.15, -0.1) is 0 Å². The second kappa shape index (κ2) is 6.59. The monoisotopic (exact) mass is 280 g/mol. The minimum atomic E-state index is -0.294. The molecule has 4 nitrogen and oxygen atoms in total. The van der Waals surface area contributed by atoms with Crippen molar-refractivity contribution in [3.05, 3.63) is 35.4 Å². The van der Waals surface area contributed by atoms with Crippen LogP contribution in [0.4, 0.5) is 5.69 Å². The van der Waals surface area contributed by atoms with E-state index >= 15 is 0 Å². The van der Waals surface area contributed by atoms with Gasteiger partial charge in [-0.1, -0.05) is 36.7 Å². The van der Waals surface area contributed by atoms with Crippen LogP contribution >= 0.6 is 11.6 Å². The van der Waals surface area contributed by atoms with Crippen molar-refractivity contribution in [2.45, 2.75) is 19.4 Å². The van der Waals surface area contributed by atoms with Crippen molar-refractivity contribution in [2.24, 2.45) is 0 Å². The summed E-state index contributed by atoms with van der Waals surface area (Å²) in [6, 6.07) is 5.02. The van der Waals surface area contributed by atoms with E-state index in [1.165, 1.54) is 0 Å². The van der Waals surface area contributed by atoms with Gasteiger partial charge in [-0.25, -0.2) is 0 Å². The second-order valence-corrected chi connectivity index (χ2v) is 4.68. The van der Waals surface area contributed by atoms with Crippen LogP contribution in [0.2, 0.25) is 5.02 Å². The number of ether oxygens (including phenoxy) is 1. The molecule has 2 N–H and O–H groups in total. The number of halogens is 1. The highest BCUT2D eigenvalue weighted by Gasteiger charge is 2.19. The Bertz CT molecular complexity index is 488. The molecule has 1 amide bonds. The standard InChI is InChI=1S/C14H17ClN2O2/c1-2-9-19-13-10(15)5-3-6-11(13)17-14(18)12-7-4-8-16-12/h3-7,12,16H,2,8-9H2,1H3,(H,17,18). The minimum Gasteiger partial charge on any atom is -0.490 e. The van der Waals surface area contributed by atoms with Crippen molar-refractivity contribution < 1.29 is 9.53 Å². The van der Waals surface area contributed by atoms with Crippen molar-refractivity contribution in [3.63, 3.8) is 0 Å². The zero-order valence-corrected chi connectivity index (χ0v) is 11.5. The maximum absolute atomic E-state index is 12.0. The van der Waals surface area contributed by atoms with Crippen molar-refractivity contribution in [1.29, 1.82) is 0 Å². The zero-order chi connectivity index (χ0) is 13.7. The molecular weight excluding hydrogens is 264 g/mol. The number of anilines is 1. The molecule has 0 saturated heterocycles. The van der Waals surface area contributed by atoms with Crippen molar-refractivity contribution in [2.75, 3.05) is 18.5 Å². The van der Waals surface area contributed by atoms with Gasteiger partial charge in [-0.3, -0.25) is 10.1 Å². The van der Waals surface area contributed by atoms with E-state index in [9.17, 15) is 4.79 Å². The topological polar surface area (TPSA) is 50.4 Å². The van der Waals surface area contributed by atoms with E-state index in [0.717, 1.165) is 6.42 Å². The maximum Gasteiger partial charge on any atom is 0.245 e. The van der Waals surface area contributed by atoms with Crippen LogP contribution in [0.5, 0.6) is 5.75 Å². The van der Waals surface area contributed by atoms with Crippen LogP contribution in [-0.4, -0.2) is 25.1 Å². The summed E-state index contributed by atoms with van der Waals surface area (Å²) in [5.41, 5.74) is 0.605. The first-order valence-electron chi connectivity index (χ1n) is 6.34. The van der Waals surface area contributed by atoms with E-state index in [2.05, 4.69) is 10.6 Å². The Kier molecular flexibility index (Phi) is 4.82. The number of rotatable bonds is 5. The van der Waals surface area contributed by atoms with Crippen molar-refractivity contribution in [3.8, 4) is 5.75 Å². The third kappa shape index (κ3) is 3.49. The zero-order valence-electron chi connectivity index (χ0n) is 10.8. The van der Waals surface area contributed by atoms with Gasteiger partial charge in [-0.05, 0) is 18.6 Å². The fourth-order valence-corrected chi connectivity index (χ4v) is 2.04. The number of carbonyl (C=O) groups excluding carboxylic acids is 1. The molecule has 102 valence electrons. The molecular formula is C14H17ClN2O2. The average Bonchev–Trinajstić information content (AvgIpc) is 2.92. The summed E-state index contributed by atoms with van der Waals surface area (Å²) >= 11 is 6.10. The number of carbonyl (C=O) groups is 1. The predicted octanol–water partition coefficient (Wildman–Crippen LogP) is 2.60. The summed E-state index contributed by atoms with van der Waals surface area (Å²) in [5.74, 6) is 0.415. The molecule has 0 radical (unpaired) electrons. The summed E-state index contributed by atoms with van der Waals surface area (Å²) in [5, 5.41) is 6.40. The van der Waals surface area contributed by atoms with Crippen molar-refractivity contribution in [1.82, 2.24) is 5.32 Å². The lowest BCUT2D eigenvalue weighted by Crippen LogP contribution is -2.35. The number of nitrogens with one attached hydrogen (secondary N) is 2. The molecule has 1 unspecified atom stereocenters. The third-order valence-electron chi connectivity index (χ3n) is 2.74. The van der Waals surface area contributed by atoms with Gasteiger partial charge in [-0.2, -0.15) is 0 Å². The quantitative estimate of drug-likeness (QED) is 0.815. The summed E-state index contributed by atoms with van der Waals surface area (Å²) in [6.45, 7) is 3.29. The van der Waals surface area contributed by atoms with Crippen LogP contribution in [-0.2, 0) is 4.79 Å². The lowest BCUT2D eigenvalue weighted by atomic mass is 10.2. The second-order valence-electron chi connectivity index (χ2n) is 4.27. The predicted molar refractivity (Wildman–Crippen MR) is 76.8 cm³/mol. The van der Waals surface area contributed by atoms with Crippen LogP contribution < -0.4 is 15.4 Å². The van der Waals surface area contributed by atoms with Gasteiger partial charge in [0.05, 0.1) is 17.3 Å². The number of hydrogen-bond acceptors (Lipinski definition) is 3. The highest BCUT2D eigenvalue weighted by Crippen LogP contribution is 2.33. The minimum absolute atomic E-state index is 0.114. The summed E-state index contributed by atoms with van der Waals surface area (Å²) in [4.78, 5) is 12.0. The van der Waals surface area contributed by atoms with Crippen LogP contribution in [0.15, 0.2) is 30.4 Å². The van der Waals surface area contributed by atoms with Gasteiger partial charge in [0.25, 0.3) is 0 Å². The highest BCUT2D eigenvalue weighted by atomic mass is 35.5. The largest absolute Gasteiger partial charge is 0.490 e. The molecule has 5 heteroatoms. The normalized spacial score (nSPS) is 17.5. The molecule has 1 aromatic rings. The Hall–Kier alpha value is -1.52. The fourth-order valence-electron chi connectivity index (χ4n) is 1.82. The number of amides is 1. The van der Waals surface area contributed by atoms with Gasteiger partial charge in [0, 0.05) is 6.54 Å². The molecule has 1 aliphatic rings. The molecule has 19 heavy (non-hydrogen) atoms. The van der Waals surface area contributed by atoms with Crippen molar-refractivity contribution >= 4 is 23.2 Å². The van der Waals surface area contributed by atoms with Crippen LogP contribution in [0.3, 0.4) is 0 Å². The first-order chi connectivity index (χ1) is 9.22. The average molecular weight is 281 g/mol. The SMILES string of the molecule is CCCOc1c(Cl)cccc1NC(=O)C1C=CCN1. The molecule has 1 aromatic carbocycles. The van der Waals surface area contributed by atoms with E-state index in [-0.39, 0.29) is 11.9 Å². The van der Waals surface area contributed by atoms with Gasteiger partial charge in [0.15, 0.2) is 5.75 Å². The molecule has 2 rings (SSSR count). The molecule has 0 fully saturated rings. The lowest BCUT2D eigenvalue weighted by Gasteiger charge is -2.15. The van der Waals surface area contributed by atoms with Crippen LogP contribution in [0.1, 0.15) is 13.3 Å². The Morgan fingerprint density at radius 2 is 2.42 bits per heavy atom. The number of para-hydroxylation sites is 1. The summed E-state index contributed by atoms with van der Waals surface area (Å²) < 4.78 is 5.60. The first-order valence-corrected chi connectivity index (χ1v) is 6.72. The number of hydrogen-bond donors (Lipinski definition) is 2. The summed E-state index contributed by atoms with van der Waals surface area (Å²) in [6.07, 6.45) is 4.65. The van der Waals surface area contributed by atoms with Gasteiger partial charge in [0.2, 0.25) is 5.91 Å². The third-order valence-corrected chi connectivity index (χ3v) is 3.04. The molecule has 0 spiro atoms. The van der Waals surface area contributed by atoms with Crippen LogP contribution in [0.25, 0.3) is 0 Å². The molecule has 1 atom stereocenters. The fraction of sp³-hybridized carbons (Fsp3) is 0.357. The Balaban J connectivity index is 2.12. The molecule has 1 heterocycles. The van der Waals surface area contributed by atoms with Crippen LogP contribution in [0, 0.1) is 0 Å². The van der Waals surface area contributed by atoms with Gasteiger partial charge >= 0.3 is 0 Å². The van der Waals surface area contributed by atoms with E-state index in [1.54, 1.807) is 18.2 Å². The highest BCUT2D eigenvalue weighted by molar-refractivity contribution is 6.32. The molecule has 0 saturated carbocycles. The molecule has 1 aliphatic heterocycles. The Labute approximate surface area is 117 Å². The van der Waals surface area contributed by atoms with Gasteiger partial charge in [0.1, 0.15) is 6.04 Å². The number of benzene rings is 1. The molecule has 0 aromatic heterocycles. The maximum atomic E-state index is 12.0.